The van der Waals surface area contributed by atoms with Gasteiger partial charge >= 0.3 is 5.69 Å². The van der Waals surface area contributed by atoms with Gasteiger partial charge in [-0.1, -0.05) is 30.3 Å². The van der Waals surface area contributed by atoms with Crippen molar-refractivity contribution in [1.82, 2.24) is 18.7 Å². The van der Waals surface area contributed by atoms with Crippen LogP contribution in [0.5, 0.6) is 0 Å². The molecule has 3 heterocycles. The number of benzene rings is 1. The van der Waals surface area contributed by atoms with Crippen molar-refractivity contribution in [2.45, 2.75) is 45.7 Å². The molecule has 7 nitrogen and oxygen atoms in total. The smallest absolute Gasteiger partial charge is 0.332 e. The number of anilines is 1. The van der Waals surface area contributed by atoms with Crippen LogP contribution in [-0.4, -0.2) is 31.8 Å². The second-order valence-electron chi connectivity index (χ2n) is 7.81. The Labute approximate surface area is 163 Å². The summed E-state index contributed by atoms with van der Waals surface area (Å²) < 4.78 is 4.83. The van der Waals surface area contributed by atoms with Crippen LogP contribution in [0.4, 0.5) is 5.95 Å². The molecule has 0 aliphatic carbocycles. The van der Waals surface area contributed by atoms with Gasteiger partial charge in [-0.3, -0.25) is 13.9 Å². The molecule has 1 aliphatic heterocycles. The zero-order valence-corrected chi connectivity index (χ0v) is 16.8. The zero-order valence-electron chi connectivity index (χ0n) is 16.8. The van der Waals surface area contributed by atoms with E-state index in [2.05, 4.69) is 18.7 Å². The highest BCUT2D eigenvalue weighted by atomic mass is 16.2. The molecule has 0 atom stereocenters. The molecule has 0 radical (unpaired) electrons. The lowest BCUT2D eigenvalue weighted by Crippen LogP contribution is -2.40. The molecule has 1 saturated heterocycles. The van der Waals surface area contributed by atoms with Gasteiger partial charge in [-0.15, -0.1) is 0 Å². The zero-order chi connectivity index (χ0) is 19.8. The van der Waals surface area contributed by atoms with Crippen LogP contribution in [0, 0.1) is 0 Å². The quantitative estimate of drug-likeness (QED) is 0.697. The van der Waals surface area contributed by atoms with E-state index in [1.165, 1.54) is 15.6 Å². The maximum Gasteiger partial charge on any atom is 0.332 e. The monoisotopic (exact) mass is 381 g/mol. The number of imidazole rings is 1. The van der Waals surface area contributed by atoms with E-state index in [1.807, 2.05) is 34.9 Å². The number of piperidine rings is 1. The number of rotatable bonds is 4. The Kier molecular flexibility index (Phi) is 4.83. The van der Waals surface area contributed by atoms with Crippen molar-refractivity contribution >= 4 is 17.1 Å². The minimum absolute atomic E-state index is 0.0669. The molecule has 148 valence electrons. The summed E-state index contributed by atoms with van der Waals surface area (Å²) in [6.07, 6.45) is 3.47. The first-order valence-corrected chi connectivity index (χ1v) is 9.99. The fraction of sp³-hybridized carbons (Fsp3) is 0.476. The second-order valence-corrected chi connectivity index (χ2v) is 7.81. The largest absolute Gasteiger partial charge is 0.342 e. The molecule has 4 rings (SSSR count). The molecular weight excluding hydrogens is 354 g/mol. The predicted octanol–water partition coefficient (Wildman–Crippen LogP) is 2.52. The van der Waals surface area contributed by atoms with Crippen LogP contribution in [0.15, 0.2) is 39.9 Å². The number of fused-ring (bicyclic) bond motifs is 1. The fourth-order valence-electron chi connectivity index (χ4n) is 4.04. The third-order valence-corrected chi connectivity index (χ3v) is 5.50. The van der Waals surface area contributed by atoms with E-state index in [-0.39, 0.29) is 23.8 Å². The summed E-state index contributed by atoms with van der Waals surface area (Å²) in [6, 6.07) is 9.67. The van der Waals surface area contributed by atoms with Gasteiger partial charge in [0, 0.05) is 26.2 Å². The summed E-state index contributed by atoms with van der Waals surface area (Å²) in [4.78, 5) is 33.3. The molecule has 0 bridgehead atoms. The molecule has 1 fully saturated rings. The van der Waals surface area contributed by atoms with Crippen LogP contribution in [0.1, 0.15) is 44.7 Å². The van der Waals surface area contributed by atoms with Crippen LogP contribution < -0.4 is 16.1 Å². The van der Waals surface area contributed by atoms with Gasteiger partial charge in [0.1, 0.15) is 0 Å². The summed E-state index contributed by atoms with van der Waals surface area (Å²) in [5.74, 6) is 0.800. The standard InChI is InChI=1S/C21H27N5O2/c1-15(2)26-17-18(22-20(26)24-12-8-5-9-13-24)23(3)21(28)25(19(17)27)14-16-10-6-4-7-11-16/h4,6-7,10-11,15H,5,8-9,12-14H2,1-3H3. The second kappa shape index (κ2) is 7.30. The average Bonchev–Trinajstić information content (AvgIpc) is 3.12. The van der Waals surface area contributed by atoms with Crippen molar-refractivity contribution in [3.05, 3.63) is 56.7 Å². The van der Waals surface area contributed by atoms with Crippen molar-refractivity contribution in [2.24, 2.45) is 7.05 Å². The predicted molar refractivity (Wildman–Crippen MR) is 111 cm³/mol. The maximum atomic E-state index is 13.4. The third kappa shape index (κ3) is 3.04. The lowest BCUT2D eigenvalue weighted by atomic mass is 10.1. The van der Waals surface area contributed by atoms with Gasteiger partial charge in [-0.2, -0.15) is 4.98 Å². The van der Waals surface area contributed by atoms with E-state index in [4.69, 9.17) is 4.98 Å². The van der Waals surface area contributed by atoms with E-state index in [0.29, 0.717) is 11.2 Å². The Morgan fingerprint density at radius 2 is 1.71 bits per heavy atom. The number of aromatic nitrogens is 4. The molecule has 2 aromatic heterocycles. The molecule has 0 amide bonds. The SMILES string of the molecule is CC(C)n1c(N2CCCCC2)nc2c1c(=O)n(Cc1ccccc1)c(=O)n2C. The van der Waals surface area contributed by atoms with E-state index < -0.39 is 0 Å². The van der Waals surface area contributed by atoms with Crippen LogP contribution in [-0.2, 0) is 13.6 Å². The van der Waals surface area contributed by atoms with Crippen molar-refractivity contribution in [2.75, 3.05) is 18.0 Å². The maximum absolute atomic E-state index is 13.4. The molecular formula is C21H27N5O2. The molecule has 0 spiro atoms. The van der Waals surface area contributed by atoms with Gasteiger partial charge in [0.25, 0.3) is 5.56 Å². The Balaban J connectivity index is 1.95. The van der Waals surface area contributed by atoms with Crippen molar-refractivity contribution in [3.63, 3.8) is 0 Å². The van der Waals surface area contributed by atoms with Crippen LogP contribution in [0.2, 0.25) is 0 Å². The molecule has 1 aromatic carbocycles. The Bertz CT molecular complexity index is 1100. The third-order valence-electron chi connectivity index (χ3n) is 5.50. The molecule has 3 aromatic rings. The first-order chi connectivity index (χ1) is 13.5. The van der Waals surface area contributed by atoms with Crippen LogP contribution in [0.3, 0.4) is 0 Å². The highest BCUT2D eigenvalue weighted by molar-refractivity contribution is 5.75. The summed E-state index contributed by atoms with van der Waals surface area (Å²) in [6.45, 7) is 6.23. The number of aryl methyl sites for hydroxylation is 1. The van der Waals surface area contributed by atoms with E-state index in [9.17, 15) is 9.59 Å². The van der Waals surface area contributed by atoms with Crippen LogP contribution in [0.25, 0.3) is 11.2 Å². The molecule has 0 unspecified atom stereocenters. The van der Waals surface area contributed by atoms with Gasteiger partial charge in [-0.05, 0) is 38.7 Å². The lowest BCUT2D eigenvalue weighted by molar-refractivity contribution is 0.538. The molecule has 0 saturated carbocycles. The number of hydrogen-bond donors (Lipinski definition) is 0. The first-order valence-electron chi connectivity index (χ1n) is 9.99. The minimum atomic E-state index is -0.333. The topological polar surface area (TPSA) is 65.1 Å². The normalized spacial score (nSPS) is 14.9. The van der Waals surface area contributed by atoms with Crippen molar-refractivity contribution in [3.8, 4) is 0 Å². The summed E-state index contributed by atoms with van der Waals surface area (Å²) >= 11 is 0. The summed E-state index contributed by atoms with van der Waals surface area (Å²) in [7, 11) is 1.70. The van der Waals surface area contributed by atoms with E-state index in [0.717, 1.165) is 37.4 Å². The Morgan fingerprint density at radius 3 is 2.36 bits per heavy atom. The van der Waals surface area contributed by atoms with Gasteiger partial charge in [0.2, 0.25) is 5.95 Å². The van der Waals surface area contributed by atoms with E-state index in [1.54, 1.807) is 7.05 Å². The summed E-state index contributed by atoms with van der Waals surface area (Å²) in [5.41, 5.74) is 1.29. The fourth-order valence-corrected chi connectivity index (χ4v) is 4.04. The highest BCUT2D eigenvalue weighted by Gasteiger charge is 2.25. The summed E-state index contributed by atoms with van der Waals surface area (Å²) in [5, 5.41) is 0. The van der Waals surface area contributed by atoms with Gasteiger partial charge in [0.05, 0.1) is 6.54 Å². The van der Waals surface area contributed by atoms with E-state index >= 15 is 0 Å². The van der Waals surface area contributed by atoms with Crippen molar-refractivity contribution in [1.29, 1.82) is 0 Å². The minimum Gasteiger partial charge on any atom is -0.342 e. The number of hydrogen-bond acceptors (Lipinski definition) is 4. The molecule has 28 heavy (non-hydrogen) atoms. The highest BCUT2D eigenvalue weighted by Crippen LogP contribution is 2.26. The average molecular weight is 381 g/mol. The lowest BCUT2D eigenvalue weighted by Gasteiger charge is -2.29. The van der Waals surface area contributed by atoms with Crippen LogP contribution >= 0.6 is 0 Å². The Hall–Kier alpha value is -2.83. The van der Waals surface area contributed by atoms with Gasteiger partial charge in [0.15, 0.2) is 11.2 Å². The van der Waals surface area contributed by atoms with Gasteiger partial charge < -0.3 is 9.47 Å². The first kappa shape index (κ1) is 18.5. The molecule has 0 N–H and O–H groups in total. The number of nitrogens with zero attached hydrogens (tertiary/aromatic N) is 5. The molecule has 7 heteroatoms. The Morgan fingerprint density at radius 1 is 1.04 bits per heavy atom. The molecule has 1 aliphatic rings. The van der Waals surface area contributed by atoms with Gasteiger partial charge in [-0.25, -0.2) is 4.79 Å². The van der Waals surface area contributed by atoms with Crippen molar-refractivity contribution < 1.29 is 0 Å².